The molecule has 0 heterocycles. The van der Waals surface area contributed by atoms with Gasteiger partial charge in [0.25, 0.3) is 0 Å². The van der Waals surface area contributed by atoms with Gasteiger partial charge in [-0.3, -0.25) is 4.90 Å². The second-order valence-corrected chi connectivity index (χ2v) is 8.16. The van der Waals surface area contributed by atoms with E-state index < -0.39 is 6.63 Å². The van der Waals surface area contributed by atoms with Crippen LogP contribution in [0.25, 0.3) is 0 Å². The van der Waals surface area contributed by atoms with Crippen molar-refractivity contribution >= 4 is 34.4 Å². The fraction of sp³-hybridized carbons (Fsp3) is 0.571. The summed E-state index contributed by atoms with van der Waals surface area (Å²) in [6, 6.07) is 6.41. The molecule has 0 aromatic heterocycles. The summed E-state index contributed by atoms with van der Waals surface area (Å²) in [6.07, 6.45) is 0. The van der Waals surface area contributed by atoms with Gasteiger partial charge in [-0.15, -0.1) is 0 Å². The van der Waals surface area contributed by atoms with E-state index in [1.54, 1.807) is 0 Å². The molecule has 0 amide bonds. The third-order valence-corrected chi connectivity index (χ3v) is 5.13. The van der Waals surface area contributed by atoms with E-state index in [1.807, 2.05) is 0 Å². The zero-order chi connectivity index (χ0) is 13.7. The van der Waals surface area contributed by atoms with E-state index in [0.29, 0.717) is 5.92 Å². The number of nitrogens with zero attached hydrogens (tertiary/aromatic N) is 1. The van der Waals surface area contributed by atoms with Gasteiger partial charge in [-0.2, -0.15) is 0 Å². The minimum atomic E-state index is -1.09. The van der Waals surface area contributed by atoms with E-state index in [4.69, 9.17) is 22.5 Å². The molecule has 0 N–H and O–H groups in total. The molecule has 1 aromatic rings. The minimum absolute atomic E-state index is 0.458. The third kappa shape index (κ3) is 4.10. The normalized spacial score (nSPS) is 11.8. The topological polar surface area (TPSA) is 3.24 Å². The fourth-order valence-corrected chi connectivity index (χ4v) is 4.23. The Morgan fingerprint density at radius 3 is 2.22 bits per heavy atom. The maximum Gasteiger partial charge on any atom is 0.117 e. The predicted octanol–water partition coefficient (Wildman–Crippen LogP) is 5.07. The minimum Gasteiger partial charge on any atom is -0.300 e. The Labute approximate surface area is 122 Å². The molecule has 102 valence electrons. The zero-order valence-electron chi connectivity index (χ0n) is 11.6. The highest BCUT2D eigenvalue weighted by molar-refractivity contribution is 8.09. The molecule has 18 heavy (non-hydrogen) atoms. The summed E-state index contributed by atoms with van der Waals surface area (Å²) in [7, 11) is 0. The molecule has 0 bridgehead atoms. The highest BCUT2D eigenvalue weighted by Gasteiger charge is 2.18. The van der Waals surface area contributed by atoms with Crippen LogP contribution in [0.4, 0.5) is 0 Å². The lowest BCUT2D eigenvalue weighted by Crippen LogP contribution is -2.26. The van der Waals surface area contributed by atoms with Gasteiger partial charge in [0.1, 0.15) is 6.63 Å². The highest BCUT2D eigenvalue weighted by atomic mass is 35.9. The van der Waals surface area contributed by atoms with Gasteiger partial charge in [-0.05, 0) is 30.1 Å². The van der Waals surface area contributed by atoms with Crippen LogP contribution in [-0.2, 0) is 6.54 Å². The Kier molecular flexibility index (Phi) is 6.95. The van der Waals surface area contributed by atoms with Gasteiger partial charge < -0.3 is 0 Å². The molecular formula is C14H22Cl2NP. The first-order valence-electron chi connectivity index (χ1n) is 6.47. The predicted molar refractivity (Wildman–Crippen MR) is 85.4 cm³/mol. The smallest absolute Gasteiger partial charge is 0.117 e. The summed E-state index contributed by atoms with van der Waals surface area (Å²) >= 11 is 12.5. The van der Waals surface area contributed by atoms with Gasteiger partial charge >= 0.3 is 0 Å². The summed E-state index contributed by atoms with van der Waals surface area (Å²) in [5, 5.41) is 1.16. The first-order chi connectivity index (χ1) is 8.51. The van der Waals surface area contributed by atoms with Crippen molar-refractivity contribution < 1.29 is 0 Å². The van der Waals surface area contributed by atoms with Crippen LogP contribution in [0, 0.1) is 0 Å². The Morgan fingerprint density at radius 1 is 1.17 bits per heavy atom. The Hall–Kier alpha value is 0.190. The van der Waals surface area contributed by atoms with Crippen molar-refractivity contribution in [3.05, 3.63) is 29.3 Å². The summed E-state index contributed by atoms with van der Waals surface area (Å²) in [5.41, 5.74) is 2.57. The molecule has 0 atom stereocenters. The van der Waals surface area contributed by atoms with Gasteiger partial charge in [0, 0.05) is 11.8 Å². The highest BCUT2D eigenvalue weighted by Crippen LogP contribution is 2.48. The van der Waals surface area contributed by atoms with Crippen molar-refractivity contribution in [2.45, 2.75) is 40.2 Å². The molecule has 4 heteroatoms. The number of hydrogen-bond acceptors (Lipinski definition) is 1. The summed E-state index contributed by atoms with van der Waals surface area (Å²) in [6.45, 7) is 10.7. The van der Waals surface area contributed by atoms with Gasteiger partial charge in [0.05, 0.1) is 0 Å². The van der Waals surface area contributed by atoms with E-state index in [0.717, 1.165) is 24.9 Å². The van der Waals surface area contributed by atoms with Crippen molar-refractivity contribution in [1.82, 2.24) is 4.90 Å². The maximum atomic E-state index is 6.24. The van der Waals surface area contributed by atoms with Gasteiger partial charge in [-0.1, -0.05) is 68.4 Å². The number of halogens is 2. The molecule has 0 radical (unpaired) electrons. The lowest BCUT2D eigenvalue weighted by Gasteiger charge is -2.23. The molecule has 1 nitrogen and oxygen atoms in total. The largest absolute Gasteiger partial charge is 0.300 e. The quantitative estimate of drug-likeness (QED) is 0.663. The summed E-state index contributed by atoms with van der Waals surface area (Å²) in [4.78, 5) is 2.38. The van der Waals surface area contributed by atoms with Crippen LogP contribution in [0.3, 0.4) is 0 Å². The molecule has 0 unspecified atom stereocenters. The Morgan fingerprint density at radius 2 is 1.78 bits per heavy atom. The van der Waals surface area contributed by atoms with Gasteiger partial charge in [0.15, 0.2) is 0 Å². The maximum absolute atomic E-state index is 6.24. The van der Waals surface area contributed by atoms with E-state index in [1.165, 1.54) is 11.1 Å². The molecule has 0 aliphatic carbocycles. The molecule has 0 fully saturated rings. The van der Waals surface area contributed by atoms with E-state index >= 15 is 0 Å². The molecule has 1 rings (SSSR count). The van der Waals surface area contributed by atoms with Crippen LogP contribution in [-0.4, -0.2) is 18.0 Å². The van der Waals surface area contributed by atoms with Crippen molar-refractivity contribution in [1.29, 1.82) is 0 Å². The van der Waals surface area contributed by atoms with Crippen LogP contribution in [0.1, 0.15) is 44.7 Å². The lowest BCUT2D eigenvalue weighted by molar-refractivity contribution is 0.296. The van der Waals surface area contributed by atoms with Crippen LogP contribution < -0.4 is 5.30 Å². The first-order valence-corrected chi connectivity index (χ1v) is 9.62. The molecule has 0 aliphatic heterocycles. The van der Waals surface area contributed by atoms with Crippen LogP contribution >= 0.6 is 29.1 Å². The SMILES string of the molecule is CCN(CC)Cc1cccc(C(C)C)c1P(Cl)Cl. The van der Waals surface area contributed by atoms with Crippen molar-refractivity contribution in [3.8, 4) is 0 Å². The monoisotopic (exact) mass is 305 g/mol. The van der Waals surface area contributed by atoms with Crippen LogP contribution in [0.15, 0.2) is 18.2 Å². The Bertz CT molecular complexity index is 376. The third-order valence-electron chi connectivity index (χ3n) is 3.23. The molecule has 0 saturated carbocycles. The average molecular weight is 306 g/mol. The molecular weight excluding hydrogens is 284 g/mol. The fourth-order valence-electron chi connectivity index (χ4n) is 2.10. The summed E-state index contributed by atoms with van der Waals surface area (Å²) in [5.74, 6) is 0.458. The molecule has 1 aromatic carbocycles. The second-order valence-electron chi connectivity index (χ2n) is 4.70. The molecule has 0 saturated heterocycles. The molecule has 0 spiro atoms. The average Bonchev–Trinajstić information content (AvgIpc) is 2.35. The van der Waals surface area contributed by atoms with E-state index in [2.05, 4.69) is 50.8 Å². The van der Waals surface area contributed by atoms with Crippen molar-refractivity contribution in [3.63, 3.8) is 0 Å². The van der Waals surface area contributed by atoms with Crippen molar-refractivity contribution in [2.75, 3.05) is 13.1 Å². The van der Waals surface area contributed by atoms with Crippen LogP contribution in [0.5, 0.6) is 0 Å². The lowest BCUT2D eigenvalue weighted by atomic mass is 10.0. The van der Waals surface area contributed by atoms with Gasteiger partial charge in [0.2, 0.25) is 0 Å². The number of rotatable bonds is 6. The van der Waals surface area contributed by atoms with E-state index in [9.17, 15) is 0 Å². The second kappa shape index (κ2) is 7.70. The zero-order valence-corrected chi connectivity index (χ0v) is 14.0. The first kappa shape index (κ1) is 16.2. The standard InChI is InChI=1S/C14H22Cl2NP/c1-5-17(6-2)10-12-8-7-9-13(11(3)4)14(12)18(15)16/h7-9,11H,5-6,10H2,1-4H3. The summed E-state index contributed by atoms with van der Waals surface area (Å²) < 4.78 is 0. The van der Waals surface area contributed by atoms with E-state index in [-0.39, 0.29) is 0 Å². The Balaban J connectivity index is 3.14. The number of hydrogen-bond donors (Lipinski definition) is 0. The van der Waals surface area contributed by atoms with Crippen molar-refractivity contribution in [2.24, 2.45) is 0 Å². The number of benzene rings is 1. The van der Waals surface area contributed by atoms with Crippen LogP contribution in [0.2, 0.25) is 0 Å². The van der Waals surface area contributed by atoms with Gasteiger partial charge in [-0.25, -0.2) is 0 Å². The molecule has 0 aliphatic rings.